The molecule has 2 aromatic rings. The van der Waals surface area contributed by atoms with Crippen molar-refractivity contribution in [2.24, 2.45) is 0 Å². The van der Waals surface area contributed by atoms with Gasteiger partial charge in [0.1, 0.15) is 0 Å². The maximum atomic E-state index is 12.3. The molecule has 5 heteroatoms. The smallest absolute Gasteiger partial charge is 0.224 e. The SMILES string of the molecule is Nc1cccc2c1CN(C(=O)CCn1ccnc1)CC2. The van der Waals surface area contributed by atoms with Gasteiger partial charge in [0, 0.05) is 44.1 Å². The highest BCUT2D eigenvalue weighted by molar-refractivity contribution is 5.76. The van der Waals surface area contributed by atoms with Gasteiger partial charge in [-0.25, -0.2) is 4.98 Å². The molecule has 20 heavy (non-hydrogen) atoms. The Morgan fingerprint density at radius 1 is 1.40 bits per heavy atom. The van der Waals surface area contributed by atoms with E-state index in [1.54, 1.807) is 12.5 Å². The molecule has 0 fully saturated rings. The number of nitrogens with two attached hydrogens (primary N) is 1. The minimum atomic E-state index is 0.174. The predicted molar refractivity (Wildman–Crippen MR) is 76.8 cm³/mol. The fourth-order valence-electron chi connectivity index (χ4n) is 2.62. The summed E-state index contributed by atoms with van der Waals surface area (Å²) < 4.78 is 1.92. The van der Waals surface area contributed by atoms with Gasteiger partial charge in [-0.05, 0) is 23.6 Å². The summed E-state index contributed by atoms with van der Waals surface area (Å²) >= 11 is 0. The van der Waals surface area contributed by atoms with Crippen LogP contribution in [0.15, 0.2) is 36.9 Å². The number of aryl methyl sites for hydroxylation is 1. The van der Waals surface area contributed by atoms with Crippen molar-refractivity contribution in [2.75, 3.05) is 12.3 Å². The largest absolute Gasteiger partial charge is 0.398 e. The van der Waals surface area contributed by atoms with E-state index >= 15 is 0 Å². The van der Waals surface area contributed by atoms with E-state index in [1.807, 2.05) is 27.8 Å². The lowest BCUT2D eigenvalue weighted by Crippen LogP contribution is -2.36. The topological polar surface area (TPSA) is 64.2 Å². The highest BCUT2D eigenvalue weighted by atomic mass is 16.2. The average Bonchev–Trinajstić information content (AvgIpc) is 2.98. The van der Waals surface area contributed by atoms with Crippen LogP contribution in [0.4, 0.5) is 5.69 Å². The normalized spacial score (nSPS) is 14.1. The third kappa shape index (κ3) is 2.52. The van der Waals surface area contributed by atoms with Crippen molar-refractivity contribution in [1.82, 2.24) is 14.5 Å². The molecular weight excluding hydrogens is 252 g/mol. The standard InChI is InChI=1S/C15H18N4O/c16-14-3-1-2-12-4-8-19(10-13(12)14)15(20)5-7-18-9-6-17-11-18/h1-3,6,9,11H,4-5,7-8,10,16H2. The van der Waals surface area contributed by atoms with Crippen LogP contribution in [0.2, 0.25) is 0 Å². The molecule has 1 aromatic carbocycles. The van der Waals surface area contributed by atoms with Crippen LogP contribution in [0.3, 0.4) is 0 Å². The number of hydrogen-bond donors (Lipinski definition) is 1. The van der Waals surface area contributed by atoms with Crippen LogP contribution >= 0.6 is 0 Å². The molecule has 1 aliphatic heterocycles. The molecule has 0 spiro atoms. The number of aromatic nitrogens is 2. The van der Waals surface area contributed by atoms with Crippen molar-refractivity contribution in [3.8, 4) is 0 Å². The van der Waals surface area contributed by atoms with Crippen LogP contribution in [-0.2, 0) is 24.3 Å². The molecule has 0 aliphatic carbocycles. The molecule has 0 radical (unpaired) electrons. The summed E-state index contributed by atoms with van der Waals surface area (Å²) in [6.45, 7) is 2.08. The van der Waals surface area contributed by atoms with Crippen molar-refractivity contribution >= 4 is 11.6 Å². The quantitative estimate of drug-likeness (QED) is 0.858. The molecule has 2 heterocycles. The lowest BCUT2D eigenvalue weighted by molar-refractivity contribution is -0.132. The van der Waals surface area contributed by atoms with E-state index < -0.39 is 0 Å². The van der Waals surface area contributed by atoms with Crippen LogP contribution in [0.1, 0.15) is 17.5 Å². The Kier molecular flexibility index (Phi) is 3.41. The number of imidazole rings is 1. The van der Waals surface area contributed by atoms with Gasteiger partial charge in [-0.1, -0.05) is 12.1 Å². The summed E-state index contributed by atoms with van der Waals surface area (Å²) in [5.41, 5.74) is 9.16. The van der Waals surface area contributed by atoms with Crippen molar-refractivity contribution in [2.45, 2.75) is 25.9 Å². The van der Waals surface area contributed by atoms with Gasteiger partial charge >= 0.3 is 0 Å². The first-order chi connectivity index (χ1) is 9.74. The molecule has 0 bridgehead atoms. The van der Waals surface area contributed by atoms with Gasteiger partial charge < -0.3 is 15.2 Å². The van der Waals surface area contributed by atoms with Gasteiger partial charge in [-0.2, -0.15) is 0 Å². The molecule has 1 aromatic heterocycles. The first kappa shape index (κ1) is 12.7. The molecule has 2 N–H and O–H groups in total. The van der Waals surface area contributed by atoms with Crippen LogP contribution in [0.5, 0.6) is 0 Å². The number of carbonyl (C=O) groups excluding carboxylic acids is 1. The Morgan fingerprint density at radius 2 is 2.30 bits per heavy atom. The van der Waals surface area contributed by atoms with Crippen LogP contribution in [-0.4, -0.2) is 26.9 Å². The molecule has 0 atom stereocenters. The Hall–Kier alpha value is -2.30. The van der Waals surface area contributed by atoms with E-state index in [0.717, 1.165) is 24.2 Å². The van der Waals surface area contributed by atoms with E-state index in [-0.39, 0.29) is 5.91 Å². The number of hydrogen-bond acceptors (Lipinski definition) is 3. The first-order valence-corrected chi connectivity index (χ1v) is 6.84. The summed E-state index contributed by atoms with van der Waals surface area (Å²) in [6.07, 6.45) is 6.71. The number of benzene rings is 1. The van der Waals surface area contributed by atoms with Gasteiger partial charge in [-0.3, -0.25) is 4.79 Å². The first-order valence-electron chi connectivity index (χ1n) is 6.84. The van der Waals surface area contributed by atoms with Gasteiger partial charge in [0.25, 0.3) is 0 Å². The number of amides is 1. The molecule has 0 saturated heterocycles. The van der Waals surface area contributed by atoms with E-state index in [4.69, 9.17) is 5.73 Å². The highest BCUT2D eigenvalue weighted by Gasteiger charge is 2.21. The number of rotatable bonds is 3. The fraction of sp³-hybridized carbons (Fsp3) is 0.333. The van der Waals surface area contributed by atoms with Gasteiger partial charge in [-0.15, -0.1) is 0 Å². The van der Waals surface area contributed by atoms with Crippen molar-refractivity contribution in [3.63, 3.8) is 0 Å². The number of fused-ring (bicyclic) bond motifs is 1. The Labute approximate surface area is 118 Å². The van der Waals surface area contributed by atoms with E-state index in [9.17, 15) is 4.79 Å². The minimum Gasteiger partial charge on any atom is -0.398 e. The lowest BCUT2D eigenvalue weighted by Gasteiger charge is -2.29. The van der Waals surface area contributed by atoms with Crippen molar-refractivity contribution in [3.05, 3.63) is 48.0 Å². The second-order valence-electron chi connectivity index (χ2n) is 5.10. The molecular formula is C15H18N4O. The summed E-state index contributed by atoms with van der Waals surface area (Å²) in [5.74, 6) is 0.174. The fourth-order valence-corrected chi connectivity index (χ4v) is 2.62. The van der Waals surface area contributed by atoms with Crippen LogP contribution in [0.25, 0.3) is 0 Å². The third-order valence-electron chi connectivity index (χ3n) is 3.81. The monoisotopic (exact) mass is 270 g/mol. The van der Waals surface area contributed by atoms with E-state index in [1.165, 1.54) is 5.56 Å². The Morgan fingerprint density at radius 3 is 3.10 bits per heavy atom. The maximum absolute atomic E-state index is 12.3. The zero-order valence-corrected chi connectivity index (χ0v) is 11.3. The molecule has 1 amide bonds. The minimum absolute atomic E-state index is 0.174. The van der Waals surface area contributed by atoms with Gasteiger partial charge in [0.2, 0.25) is 5.91 Å². The van der Waals surface area contributed by atoms with Crippen molar-refractivity contribution < 1.29 is 4.79 Å². The Balaban J connectivity index is 1.64. The summed E-state index contributed by atoms with van der Waals surface area (Å²) in [4.78, 5) is 18.1. The van der Waals surface area contributed by atoms with Crippen LogP contribution < -0.4 is 5.73 Å². The summed E-state index contributed by atoms with van der Waals surface area (Å²) in [7, 11) is 0. The molecule has 1 aliphatic rings. The highest BCUT2D eigenvalue weighted by Crippen LogP contribution is 2.24. The molecule has 0 saturated carbocycles. The van der Waals surface area contributed by atoms with Crippen molar-refractivity contribution in [1.29, 1.82) is 0 Å². The molecule has 5 nitrogen and oxygen atoms in total. The number of carbonyl (C=O) groups is 1. The number of nitrogens with zero attached hydrogens (tertiary/aromatic N) is 3. The zero-order valence-electron chi connectivity index (χ0n) is 11.3. The lowest BCUT2D eigenvalue weighted by atomic mass is 9.98. The average molecular weight is 270 g/mol. The predicted octanol–water partition coefficient (Wildman–Crippen LogP) is 1.44. The van der Waals surface area contributed by atoms with E-state index in [2.05, 4.69) is 11.1 Å². The molecule has 3 rings (SSSR count). The van der Waals surface area contributed by atoms with Gasteiger partial charge in [0.15, 0.2) is 0 Å². The molecule has 104 valence electrons. The maximum Gasteiger partial charge on any atom is 0.224 e. The number of anilines is 1. The second kappa shape index (κ2) is 5.36. The third-order valence-corrected chi connectivity index (χ3v) is 3.81. The molecule has 0 unspecified atom stereocenters. The van der Waals surface area contributed by atoms with Gasteiger partial charge in [0.05, 0.1) is 6.33 Å². The Bertz CT molecular complexity index is 606. The van der Waals surface area contributed by atoms with E-state index in [0.29, 0.717) is 19.5 Å². The summed E-state index contributed by atoms with van der Waals surface area (Å²) in [5, 5.41) is 0. The number of nitrogen functional groups attached to an aromatic ring is 1. The second-order valence-corrected chi connectivity index (χ2v) is 5.10. The zero-order chi connectivity index (χ0) is 13.9. The van der Waals surface area contributed by atoms with Crippen LogP contribution in [0, 0.1) is 0 Å². The summed E-state index contributed by atoms with van der Waals surface area (Å²) in [6, 6.07) is 5.97.